The number of anilines is 1. The molecular formula is C12H17NO4. The highest BCUT2D eigenvalue weighted by Gasteiger charge is 2.02. The van der Waals surface area contributed by atoms with Crippen molar-refractivity contribution in [2.24, 2.45) is 0 Å². The molecule has 1 rings (SSSR count). The predicted molar refractivity (Wildman–Crippen MR) is 63.7 cm³/mol. The van der Waals surface area contributed by atoms with E-state index < -0.39 is 0 Å². The van der Waals surface area contributed by atoms with Gasteiger partial charge in [-0.25, -0.2) is 0 Å². The molecule has 0 bridgehead atoms. The van der Waals surface area contributed by atoms with Crippen molar-refractivity contribution in [1.29, 1.82) is 0 Å². The van der Waals surface area contributed by atoms with Crippen molar-refractivity contribution in [3.8, 4) is 0 Å². The van der Waals surface area contributed by atoms with Crippen molar-refractivity contribution in [3.63, 3.8) is 0 Å². The molecule has 5 nitrogen and oxygen atoms in total. The van der Waals surface area contributed by atoms with Crippen LogP contribution in [0.5, 0.6) is 0 Å². The Labute approximate surface area is 100 Å². The Morgan fingerprint density at radius 1 is 1.41 bits per heavy atom. The molecule has 0 aliphatic rings. The lowest BCUT2D eigenvalue weighted by molar-refractivity contribution is -0.121. The number of amides is 1. The van der Waals surface area contributed by atoms with Crippen LogP contribution in [-0.2, 0) is 20.9 Å². The molecule has 1 aromatic rings. The highest BCUT2D eigenvalue weighted by atomic mass is 16.5. The molecule has 2 N–H and O–H groups in total. The van der Waals surface area contributed by atoms with E-state index >= 15 is 0 Å². The molecule has 1 aromatic carbocycles. The predicted octanol–water partition coefficient (Wildman–Crippen LogP) is 0.780. The highest BCUT2D eigenvalue weighted by molar-refractivity contribution is 5.91. The number of ether oxygens (including phenoxy) is 2. The molecule has 0 atom stereocenters. The lowest BCUT2D eigenvalue weighted by atomic mass is 10.2. The first kappa shape index (κ1) is 13.6. The van der Waals surface area contributed by atoms with Crippen LogP contribution < -0.4 is 5.32 Å². The van der Waals surface area contributed by atoms with Crippen molar-refractivity contribution in [1.82, 2.24) is 0 Å². The van der Waals surface area contributed by atoms with Crippen molar-refractivity contribution in [3.05, 3.63) is 29.8 Å². The first-order valence-electron chi connectivity index (χ1n) is 5.32. The summed E-state index contributed by atoms with van der Waals surface area (Å²) in [6.45, 7) is 0.800. The van der Waals surface area contributed by atoms with Crippen LogP contribution in [0.3, 0.4) is 0 Å². The third kappa shape index (κ3) is 5.44. The van der Waals surface area contributed by atoms with Crippen molar-refractivity contribution in [2.45, 2.75) is 6.61 Å². The molecule has 0 heterocycles. The van der Waals surface area contributed by atoms with Gasteiger partial charge in [0.1, 0.15) is 6.61 Å². The summed E-state index contributed by atoms with van der Waals surface area (Å²) in [6, 6.07) is 7.02. The lowest BCUT2D eigenvalue weighted by Gasteiger charge is -2.07. The molecule has 0 unspecified atom stereocenters. The molecule has 1 amide bonds. The topological polar surface area (TPSA) is 67.8 Å². The van der Waals surface area contributed by atoms with E-state index in [1.54, 1.807) is 31.4 Å². The molecule has 0 spiro atoms. The third-order valence-corrected chi connectivity index (χ3v) is 2.06. The van der Waals surface area contributed by atoms with Gasteiger partial charge in [0.25, 0.3) is 0 Å². The number of aliphatic hydroxyl groups is 1. The van der Waals surface area contributed by atoms with Gasteiger partial charge >= 0.3 is 0 Å². The van der Waals surface area contributed by atoms with Gasteiger partial charge < -0.3 is 19.9 Å². The maximum atomic E-state index is 11.4. The zero-order valence-corrected chi connectivity index (χ0v) is 9.81. The van der Waals surface area contributed by atoms with Crippen LogP contribution in [0.4, 0.5) is 5.69 Å². The largest absolute Gasteiger partial charge is 0.392 e. The van der Waals surface area contributed by atoms with Crippen LogP contribution in [-0.4, -0.2) is 37.9 Å². The zero-order chi connectivity index (χ0) is 12.5. The molecule has 0 saturated carbocycles. The number of rotatable bonds is 7. The van der Waals surface area contributed by atoms with E-state index in [0.717, 1.165) is 5.56 Å². The van der Waals surface area contributed by atoms with Gasteiger partial charge in [0.15, 0.2) is 0 Å². The second kappa shape index (κ2) is 7.78. The molecular weight excluding hydrogens is 222 g/mol. The molecule has 0 aliphatic heterocycles. The SMILES string of the molecule is COCCOCC(=O)Nc1cccc(CO)c1. The summed E-state index contributed by atoms with van der Waals surface area (Å²) in [5.74, 6) is -0.226. The quantitative estimate of drug-likeness (QED) is 0.690. The van der Waals surface area contributed by atoms with Crippen molar-refractivity contribution >= 4 is 11.6 Å². The van der Waals surface area contributed by atoms with Gasteiger partial charge in [0, 0.05) is 12.8 Å². The van der Waals surface area contributed by atoms with Crippen molar-refractivity contribution in [2.75, 3.05) is 32.2 Å². The van der Waals surface area contributed by atoms with Gasteiger partial charge in [-0.3, -0.25) is 4.79 Å². The fraction of sp³-hybridized carbons (Fsp3) is 0.417. The maximum absolute atomic E-state index is 11.4. The minimum Gasteiger partial charge on any atom is -0.392 e. The number of aliphatic hydroxyl groups excluding tert-OH is 1. The first-order valence-corrected chi connectivity index (χ1v) is 5.32. The molecule has 0 aromatic heterocycles. The smallest absolute Gasteiger partial charge is 0.250 e. The van der Waals surface area contributed by atoms with Crippen LogP contribution in [0, 0.1) is 0 Å². The summed E-state index contributed by atoms with van der Waals surface area (Å²) < 4.78 is 9.87. The highest BCUT2D eigenvalue weighted by Crippen LogP contribution is 2.10. The van der Waals surface area contributed by atoms with Crippen LogP contribution in [0.15, 0.2) is 24.3 Å². The fourth-order valence-corrected chi connectivity index (χ4v) is 1.25. The summed E-state index contributed by atoms with van der Waals surface area (Å²) in [4.78, 5) is 11.4. The number of methoxy groups -OCH3 is 1. The van der Waals surface area contributed by atoms with E-state index in [0.29, 0.717) is 18.9 Å². The first-order chi connectivity index (χ1) is 8.26. The number of hydrogen-bond acceptors (Lipinski definition) is 4. The monoisotopic (exact) mass is 239 g/mol. The number of carbonyl (C=O) groups is 1. The second-order valence-electron chi connectivity index (χ2n) is 3.45. The Bertz CT molecular complexity index is 354. The Morgan fingerprint density at radius 3 is 2.94 bits per heavy atom. The summed E-state index contributed by atoms with van der Waals surface area (Å²) in [7, 11) is 1.57. The normalized spacial score (nSPS) is 10.2. The molecule has 0 aliphatic carbocycles. The van der Waals surface area contributed by atoms with Gasteiger partial charge in [-0.05, 0) is 17.7 Å². The molecule has 17 heavy (non-hydrogen) atoms. The number of hydrogen-bond donors (Lipinski definition) is 2. The summed E-state index contributed by atoms with van der Waals surface area (Å²) in [6.07, 6.45) is 0. The van der Waals surface area contributed by atoms with Crippen LogP contribution in [0.2, 0.25) is 0 Å². The van der Waals surface area contributed by atoms with Crippen LogP contribution in [0.1, 0.15) is 5.56 Å². The molecule has 0 radical (unpaired) electrons. The molecule has 0 fully saturated rings. The van der Waals surface area contributed by atoms with Gasteiger partial charge in [0.2, 0.25) is 5.91 Å². The Hall–Kier alpha value is -1.43. The van der Waals surface area contributed by atoms with Gasteiger partial charge in [-0.15, -0.1) is 0 Å². The molecule has 94 valence electrons. The zero-order valence-electron chi connectivity index (χ0n) is 9.81. The minimum atomic E-state index is -0.226. The number of nitrogens with one attached hydrogen (secondary N) is 1. The third-order valence-electron chi connectivity index (χ3n) is 2.06. The van der Waals surface area contributed by atoms with E-state index in [1.807, 2.05) is 0 Å². The minimum absolute atomic E-state index is 0.00723. The van der Waals surface area contributed by atoms with Crippen molar-refractivity contribution < 1.29 is 19.4 Å². The van der Waals surface area contributed by atoms with E-state index in [4.69, 9.17) is 14.6 Å². The average molecular weight is 239 g/mol. The van der Waals surface area contributed by atoms with Gasteiger partial charge in [-0.2, -0.15) is 0 Å². The Kier molecular flexibility index (Phi) is 6.24. The Balaban J connectivity index is 2.34. The molecule has 5 heteroatoms. The average Bonchev–Trinajstić information content (AvgIpc) is 2.35. The lowest BCUT2D eigenvalue weighted by Crippen LogP contribution is -2.19. The van der Waals surface area contributed by atoms with E-state index in [2.05, 4.69) is 5.32 Å². The van der Waals surface area contributed by atoms with E-state index in [1.165, 1.54) is 0 Å². The van der Waals surface area contributed by atoms with E-state index in [9.17, 15) is 4.79 Å². The summed E-state index contributed by atoms with van der Waals surface area (Å²) in [5, 5.41) is 11.6. The van der Waals surface area contributed by atoms with E-state index in [-0.39, 0.29) is 19.1 Å². The van der Waals surface area contributed by atoms with Gasteiger partial charge in [-0.1, -0.05) is 12.1 Å². The summed E-state index contributed by atoms with van der Waals surface area (Å²) >= 11 is 0. The maximum Gasteiger partial charge on any atom is 0.250 e. The van der Waals surface area contributed by atoms with Crippen LogP contribution in [0.25, 0.3) is 0 Å². The number of benzene rings is 1. The fourth-order valence-electron chi connectivity index (χ4n) is 1.25. The molecule has 0 saturated heterocycles. The Morgan fingerprint density at radius 2 is 2.24 bits per heavy atom. The standard InChI is InChI=1S/C12H17NO4/c1-16-5-6-17-9-12(15)13-11-4-2-3-10(7-11)8-14/h2-4,7,14H,5-6,8-9H2,1H3,(H,13,15). The number of carbonyl (C=O) groups excluding carboxylic acids is 1. The second-order valence-corrected chi connectivity index (χ2v) is 3.45. The summed E-state index contributed by atoms with van der Waals surface area (Å²) in [5.41, 5.74) is 1.40. The van der Waals surface area contributed by atoms with Crippen LogP contribution >= 0.6 is 0 Å². The van der Waals surface area contributed by atoms with Gasteiger partial charge in [0.05, 0.1) is 19.8 Å².